The van der Waals surface area contributed by atoms with Crippen LogP contribution >= 0.6 is 0 Å². The van der Waals surface area contributed by atoms with E-state index in [1.165, 1.54) is 30.3 Å². The minimum Gasteiger partial charge on any atom is -0.507 e. The quantitative estimate of drug-likeness (QED) is 0.822. The highest BCUT2D eigenvalue weighted by atomic mass is 19.1. The molecule has 0 bridgehead atoms. The summed E-state index contributed by atoms with van der Waals surface area (Å²) < 4.78 is 13.9. The van der Waals surface area contributed by atoms with Crippen LogP contribution in [-0.4, -0.2) is 11.4 Å². The first-order chi connectivity index (χ1) is 8.67. The van der Waals surface area contributed by atoms with Gasteiger partial charge in [0.25, 0.3) is 0 Å². The van der Waals surface area contributed by atoms with E-state index in [0.717, 1.165) is 0 Å². The van der Waals surface area contributed by atoms with Gasteiger partial charge in [0.2, 0.25) is 0 Å². The lowest BCUT2D eigenvalue weighted by molar-refractivity contribution is 0.112. The van der Waals surface area contributed by atoms with Crippen LogP contribution in [0.2, 0.25) is 0 Å². The van der Waals surface area contributed by atoms with Gasteiger partial charge in [0.1, 0.15) is 17.6 Å². The van der Waals surface area contributed by atoms with Gasteiger partial charge < -0.3 is 5.11 Å². The zero-order valence-corrected chi connectivity index (χ0v) is 9.22. The number of nitriles is 1. The van der Waals surface area contributed by atoms with E-state index in [4.69, 9.17) is 5.26 Å². The highest BCUT2D eigenvalue weighted by Crippen LogP contribution is 2.28. The van der Waals surface area contributed by atoms with E-state index in [2.05, 4.69) is 0 Å². The third-order valence-electron chi connectivity index (χ3n) is 2.58. The van der Waals surface area contributed by atoms with Crippen molar-refractivity contribution in [1.29, 1.82) is 5.26 Å². The van der Waals surface area contributed by atoms with E-state index in [1.54, 1.807) is 12.1 Å². The van der Waals surface area contributed by atoms with Crippen molar-refractivity contribution in [1.82, 2.24) is 0 Å². The van der Waals surface area contributed by atoms with Gasteiger partial charge in [-0.1, -0.05) is 18.2 Å². The molecule has 0 aliphatic heterocycles. The van der Waals surface area contributed by atoms with Crippen LogP contribution in [0, 0.1) is 17.1 Å². The van der Waals surface area contributed by atoms with Gasteiger partial charge in [-0.2, -0.15) is 5.26 Å². The average molecular weight is 241 g/mol. The van der Waals surface area contributed by atoms with Gasteiger partial charge in [-0.25, -0.2) is 4.39 Å². The first-order valence-electron chi connectivity index (χ1n) is 5.14. The largest absolute Gasteiger partial charge is 0.507 e. The van der Waals surface area contributed by atoms with Gasteiger partial charge in [-0.3, -0.25) is 4.79 Å². The van der Waals surface area contributed by atoms with Crippen LogP contribution in [0.3, 0.4) is 0 Å². The van der Waals surface area contributed by atoms with Crippen LogP contribution in [0.25, 0.3) is 11.1 Å². The van der Waals surface area contributed by atoms with Crippen molar-refractivity contribution in [3.63, 3.8) is 0 Å². The van der Waals surface area contributed by atoms with Gasteiger partial charge >= 0.3 is 0 Å². The van der Waals surface area contributed by atoms with E-state index >= 15 is 0 Å². The standard InChI is InChI=1S/C14H8FNO2/c15-14-10(7-16)2-1-3-12(14)9-4-5-13(18)11(6-9)8-17/h1-6,8,18H. The van der Waals surface area contributed by atoms with Gasteiger partial charge in [0, 0.05) is 5.56 Å². The molecule has 1 N–H and O–H groups in total. The van der Waals surface area contributed by atoms with Crippen molar-refractivity contribution < 1.29 is 14.3 Å². The molecule has 0 aliphatic carbocycles. The third kappa shape index (κ3) is 1.94. The Labute approximate surface area is 103 Å². The molecule has 0 atom stereocenters. The smallest absolute Gasteiger partial charge is 0.153 e. The minimum atomic E-state index is -0.637. The van der Waals surface area contributed by atoms with E-state index < -0.39 is 5.82 Å². The van der Waals surface area contributed by atoms with Crippen LogP contribution in [0.1, 0.15) is 15.9 Å². The molecule has 0 saturated carbocycles. The summed E-state index contributed by atoms with van der Waals surface area (Å²) in [6.45, 7) is 0. The molecule has 0 fully saturated rings. The lowest BCUT2D eigenvalue weighted by Crippen LogP contribution is -1.90. The molecule has 3 nitrogen and oxygen atoms in total. The van der Waals surface area contributed by atoms with E-state index in [1.807, 2.05) is 0 Å². The normalized spacial score (nSPS) is 9.78. The molecule has 0 saturated heterocycles. The Morgan fingerprint density at radius 2 is 2.06 bits per heavy atom. The van der Waals surface area contributed by atoms with Crippen molar-refractivity contribution in [3.8, 4) is 22.9 Å². The topological polar surface area (TPSA) is 61.1 Å². The molecule has 18 heavy (non-hydrogen) atoms. The Balaban J connectivity index is 2.63. The molecule has 4 heteroatoms. The van der Waals surface area contributed by atoms with Crippen molar-refractivity contribution in [2.75, 3.05) is 0 Å². The Morgan fingerprint density at radius 1 is 1.28 bits per heavy atom. The number of hydrogen-bond donors (Lipinski definition) is 1. The summed E-state index contributed by atoms with van der Waals surface area (Å²) in [6, 6.07) is 10.4. The summed E-state index contributed by atoms with van der Waals surface area (Å²) in [5.74, 6) is -0.798. The summed E-state index contributed by atoms with van der Waals surface area (Å²) in [6.07, 6.45) is 0.491. The number of aldehydes is 1. The number of phenols is 1. The van der Waals surface area contributed by atoms with Crippen LogP contribution in [-0.2, 0) is 0 Å². The Morgan fingerprint density at radius 3 is 2.72 bits per heavy atom. The predicted molar refractivity (Wildman–Crippen MR) is 63.6 cm³/mol. The molecule has 2 aromatic rings. The van der Waals surface area contributed by atoms with Gasteiger partial charge in [-0.15, -0.1) is 0 Å². The van der Waals surface area contributed by atoms with Crippen molar-refractivity contribution in [2.24, 2.45) is 0 Å². The molecule has 0 heterocycles. The number of carbonyl (C=O) groups excluding carboxylic acids is 1. The molecule has 0 aromatic heterocycles. The Hall–Kier alpha value is -2.67. The first-order valence-corrected chi connectivity index (χ1v) is 5.14. The zero-order valence-electron chi connectivity index (χ0n) is 9.22. The molecule has 0 radical (unpaired) electrons. The highest BCUT2D eigenvalue weighted by molar-refractivity contribution is 5.83. The average Bonchev–Trinajstić information content (AvgIpc) is 2.40. The number of carbonyl (C=O) groups is 1. The second kappa shape index (κ2) is 4.68. The maximum absolute atomic E-state index is 13.9. The maximum Gasteiger partial charge on any atom is 0.153 e. The van der Waals surface area contributed by atoms with Crippen molar-refractivity contribution >= 4 is 6.29 Å². The van der Waals surface area contributed by atoms with Crippen LogP contribution in [0.5, 0.6) is 5.75 Å². The van der Waals surface area contributed by atoms with Crippen molar-refractivity contribution in [3.05, 3.63) is 53.3 Å². The number of hydrogen-bond acceptors (Lipinski definition) is 3. The fourth-order valence-electron chi connectivity index (χ4n) is 1.66. The monoisotopic (exact) mass is 241 g/mol. The number of benzene rings is 2. The molecule has 2 rings (SSSR count). The molecule has 2 aromatic carbocycles. The first kappa shape index (κ1) is 11.8. The van der Waals surface area contributed by atoms with Crippen LogP contribution in [0.15, 0.2) is 36.4 Å². The molecular formula is C14H8FNO2. The maximum atomic E-state index is 13.9. The summed E-state index contributed by atoms with van der Waals surface area (Å²) in [5, 5.41) is 18.1. The van der Waals surface area contributed by atoms with E-state index in [9.17, 15) is 14.3 Å². The lowest BCUT2D eigenvalue weighted by Gasteiger charge is -2.06. The number of halogens is 1. The second-order valence-corrected chi connectivity index (χ2v) is 3.67. The summed E-state index contributed by atoms with van der Waals surface area (Å²) in [4.78, 5) is 10.7. The lowest BCUT2D eigenvalue weighted by atomic mass is 10.0. The molecule has 88 valence electrons. The second-order valence-electron chi connectivity index (χ2n) is 3.67. The Bertz CT molecular complexity index is 659. The zero-order chi connectivity index (χ0) is 13.1. The molecule has 0 aliphatic rings. The van der Waals surface area contributed by atoms with Gasteiger partial charge in [0.05, 0.1) is 11.1 Å². The van der Waals surface area contributed by atoms with E-state index in [0.29, 0.717) is 11.8 Å². The summed E-state index contributed by atoms with van der Waals surface area (Å²) >= 11 is 0. The number of aromatic hydroxyl groups is 1. The van der Waals surface area contributed by atoms with E-state index in [-0.39, 0.29) is 22.4 Å². The predicted octanol–water partition coefficient (Wildman–Crippen LogP) is 2.88. The van der Waals surface area contributed by atoms with Gasteiger partial charge in [0.15, 0.2) is 6.29 Å². The highest BCUT2D eigenvalue weighted by Gasteiger charge is 2.11. The van der Waals surface area contributed by atoms with Crippen molar-refractivity contribution in [2.45, 2.75) is 0 Å². The number of rotatable bonds is 2. The SMILES string of the molecule is N#Cc1cccc(-c2ccc(O)c(C=O)c2)c1F. The van der Waals surface area contributed by atoms with Crippen LogP contribution < -0.4 is 0 Å². The Kier molecular flexibility index (Phi) is 3.07. The number of nitrogens with zero attached hydrogens (tertiary/aromatic N) is 1. The summed E-state index contributed by atoms with van der Waals surface area (Å²) in [7, 11) is 0. The number of phenolic OH excluding ortho intramolecular Hbond substituents is 1. The molecule has 0 unspecified atom stereocenters. The minimum absolute atomic E-state index is 0.0618. The molecular weight excluding hydrogens is 233 g/mol. The fourth-order valence-corrected chi connectivity index (χ4v) is 1.66. The van der Waals surface area contributed by atoms with Crippen LogP contribution in [0.4, 0.5) is 4.39 Å². The summed E-state index contributed by atoms with van der Waals surface area (Å²) in [5.41, 5.74) is 0.670. The molecule has 0 amide bonds. The third-order valence-corrected chi connectivity index (χ3v) is 2.58. The van der Waals surface area contributed by atoms with Gasteiger partial charge in [-0.05, 0) is 23.8 Å². The fraction of sp³-hybridized carbons (Fsp3) is 0. The molecule has 0 spiro atoms.